The molecule has 0 aliphatic carbocycles. The van der Waals surface area contributed by atoms with Gasteiger partial charge in [-0.05, 0) is 54.8 Å². The van der Waals surface area contributed by atoms with Crippen LogP contribution in [0.1, 0.15) is 21.5 Å². The van der Waals surface area contributed by atoms with Crippen molar-refractivity contribution >= 4 is 37.5 Å². The van der Waals surface area contributed by atoms with Gasteiger partial charge in [-0.3, -0.25) is 9.10 Å². The molecule has 1 N–H and O–H groups in total. The lowest BCUT2D eigenvalue weighted by Gasteiger charge is -2.22. The minimum absolute atomic E-state index is 0.112. The van der Waals surface area contributed by atoms with E-state index in [1.165, 1.54) is 17.4 Å². The van der Waals surface area contributed by atoms with Crippen molar-refractivity contribution in [2.45, 2.75) is 18.2 Å². The summed E-state index contributed by atoms with van der Waals surface area (Å²) in [5.74, 6) is -0.226. The van der Waals surface area contributed by atoms with Gasteiger partial charge in [-0.15, -0.1) is 0 Å². The first-order valence-electron chi connectivity index (χ1n) is 7.47. The average Bonchev–Trinajstić information content (AvgIpc) is 2.56. The van der Waals surface area contributed by atoms with Gasteiger partial charge in [0.25, 0.3) is 15.9 Å². The lowest BCUT2D eigenvalue weighted by Crippen LogP contribution is -2.32. The Hall–Kier alpha value is -1.86. The van der Waals surface area contributed by atoms with E-state index in [2.05, 4.69) is 21.2 Å². The van der Waals surface area contributed by atoms with Crippen molar-refractivity contribution in [2.75, 3.05) is 17.9 Å². The van der Waals surface area contributed by atoms with Gasteiger partial charge < -0.3 is 5.32 Å². The molecular weight excluding hydrogens is 392 g/mol. The topological polar surface area (TPSA) is 66.5 Å². The predicted molar refractivity (Wildman–Crippen MR) is 96.9 cm³/mol. The number of nitrogens with zero attached hydrogens (tertiary/aromatic N) is 1. The molecule has 126 valence electrons. The predicted octanol–water partition coefficient (Wildman–Crippen LogP) is 2.87. The molecule has 0 bridgehead atoms. The van der Waals surface area contributed by atoms with E-state index >= 15 is 0 Å². The van der Waals surface area contributed by atoms with Crippen molar-refractivity contribution in [3.63, 3.8) is 0 Å². The lowest BCUT2D eigenvalue weighted by molar-refractivity contribution is 0.0945. The van der Waals surface area contributed by atoms with E-state index in [0.29, 0.717) is 24.2 Å². The molecule has 24 heavy (non-hydrogen) atoms. The summed E-state index contributed by atoms with van der Waals surface area (Å²) < 4.78 is 28.0. The molecule has 0 saturated carbocycles. The Bertz CT molecular complexity index is 925. The van der Waals surface area contributed by atoms with E-state index in [9.17, 15) is 13.2 Å². The summed E-state index contributed by atoms with van der Waals surface area (Å²) in [6.07, 6.45) is 0.711. The van der Waals surface area contributed by atoms with E-state index in [0.717, 1.165) is 15.6 Å². The van der Waals surface area contributed by atoms with E-state index in [1.54, 1.807) is 24.3 Å². The maximum atomic E-state index is 12.9. The van der Waals surface area contributed by atoms with Crippen LogP contribution in [0.4, 0.5) is 5.69 Å². The number of carbonyl (C=O) groups is 1. The van der Waals surface area contributed by atoms with E-state index < -0.39 is 10.0 Å². The van der Waals surface area contributed by atoms with Gasteiger partial charge in [0.1, 0.15) is 0 Å². The minimum Gasteiger partial charge on any atom is -0.352 e. The van der Waals surface area contributed by atoms with E-state index in [4.69, 9.17) is 0 Å². The Morgan fingerprint density at radius 3 is 2.62 bits per heavy atom. The summed E-state index contributed by atoms with van der Waals surface area (Å²) in [6.45, 7) is 2.48. The molecule has 1 heterocycles. The van der Waals surface area contributed by atoms with Crippen LogP contribution in [0.3, 0.4) is 0 Å². The number of carbonyl (C=O) groups excluding carboxylic acids is 1. The molecule has 0 unspecified atom stereocenters. The normalized spacial score (nSPS) is 14.0. The van der Waals surface area contributed by atoms with Gasteiger partial charge in [0, 0.05) is 23.6 Å². The van der Waals surface area contributed by atoms with Gasteiger partial charge in [-0.1, -0.05) is 22.0 Å². The SMILES string of the molecule is Cc1cc(N(C)S(=O)(=O)c2ccc3c(c2)C(=O)NCC3)ccc1Br. The second-order valence-corrected chi connectivity index (χ2v) is 8.55. The van der Waals surface area contributed by atoms with Crippen LogP contribution >= 0.6 is 15.9 Å². The largest absolute Gasteiger partial charge is 0.352 e. The number of halogens is 1. The maximum Gasteiger partial charge on any atom is 0.264 e. The molecule has 0 saturated heterocycles. The van der Waals surface area contributed by atoms with Crippen LogP contribution in [0.2, 0.25) is 0 Å². The monoisotopic (exact) mass is 408 g/mol. The number of amides is 1. The first-order chi connectivity index (χ1) is 11.3. The highest BCUT2D eigenvalue weighted by Gasteiger charge is 2.25. The van der Waals surface area contributed by atoms with Crippen LogP contribution < -0.4 is 9.62 Å². The standard InChI is InChI=1S/C17H17BrN2O3S/c1-11-9-13(4-6-16(11)18)20(2)24(22,23)14-5-3-12-7-8-19-17(21)15(12)10-14/h3-6,9-10H,7-8H2,1-2H3,(H,19,21). The second-order valence-electron chi connectivity index (χ2n) is 5.73. The minimum atomic E-state index is -3.74. The quantitative estimate of drug-likeness (QED) is 0.848. The molecule has 0 aromatic heterocycles. The zero-order chi connectivity index (χ0) is 17.5. The Kier molecular flexibility index (Phi) is 4.40. The molecule has 1 aliphatic heterocycles. The van der Waals surface area contributed by atoms with Crippen LogP contribution in [-0.4, -0.2) is 27.9 Å². The van der Waals surface area contributed by atoms with E-state index in [-0.39, 0.29) is 10.8 Å². The van der Waals surface area contributed by atoms with Gasteiger partial charge in [-0.25, -0.2) is 8.42 Å². The van der Waals surface area contributed by atoms with Crippen molar-refractivity contribution in [3.05, 3.63) is 57.6 Å². The third-order valence-electron chi connectivity index (χ3n) is 4.17. The number of benzene rings is 2. The zero-order valence-corrected chi connectivity index (χ0v) is 15.7. The highest BCUT2D eigenvalue weighted by molar-refractivity contribution is 9.10. The average molecular weight is 409 g/mol. The van der Waals surface area contributed by atoms with Gasteiger partial charge >= 0.3 is 0 Å². The fraction of sp³-hybridized carbons (Fsp3) is 0.235. The van der Waals surface area contributed by atoms with E-state index in [1.807, 2.05) is 13.0 Å². The molecule has 0 spiro atoms. The molecule has 1 amide bonds. The van der Waals surface area contributed by atoms with Crippen LogP contribution in [0.15, 0.2) is 45.8 Å². The number of nitrogens with one attached hydrogen (secondary N) is 1. The molecule has 3 rings (SSSR count). The molecule has 7 heteroatoms. The number of rotatable bonds is 3. The van der Waals surface area contributed by atoms with Crippen molar-refractivity contribution in [2.24, 2.45) is 0 Å². The zero-order valence-electron chi connectivity index (χ0n) is 13.3. The summed E-state index contributed by atoms with van der Waals surface area (Å²) in [6, 6.07) is 10.1. The highest BCUT2D eigenvalue weighted by atomic mass is 79.9. The number of hydrogen-bond donors (Lipinski definition) is 1. The Morgan fingerprint density at radius 2 is 1.92 bits per heavy atom. The number of aryl methyl sites for hydroxylation is 1. The maximum absolute atomic E-state index is 12.9. The van der Waals surface area contributed by atoms with Crippen molar-refractivity contribution in [1.82, 2.24) is 5.32 Å². The van der Waals surface area contributed by atoms with Crippen LogP contribution in [0.5, 0.6) is 0 Å². The molecule has 5 nitrogen and oxygen atoms in total. The molecule has 0 atom stereocenters. The van der Waals surface area contributed by atoms with Crippen LogP contribution in [0, 0.1) is 6.92 Å². The molecule has 2 aromatic rings. The third-order valence-corrected chi connectivity index (χ3v) is 6.84. The van der Waals surface area contributed by atoms with Gasteiger partial charge in [-0.2, -0.15) is 0 Å². The van der Waals surface area contributed by atoms with Crippen molar-refractivity contribution < 1.29 is 13.2 Å². The highest BCUT2D eigenvalue weighted by Crippen LogP contribution is 2.27. The molecule has 1 aliphatic rings. The second kappa shape index (κ2) is 6.22. The Labute approximate surface area is 149 Å². The summed E-state index contributed by atoms with van der Waals surface area (Å²) in [7, 11) is -2.23. The van der Waals surface area contributed by atoms with Crippen LogP contribution in [-0.2, 0) is 16.4 Å². The number of fused-ring (bicyclic) bond motifs is 1. The number of anilines is 1. The Morgan fingerprint density at radius 1 is 1.17 bits per heavy atom. The van der Waals surface area contributed by atoms with Crippen molar-refractivity contribution in [1.29, 1.82) is 0 Å². The van der Waals surface area contributed by atoms with Crippen LogP contribution in [0.25, 0.3) is 0 Å². The van der Waals surface area contributed by atoms with Gasteiger partial charge in [0.2, 0.25) is 0 Å². The first kappa shape index (κ1) is 17.0. The third kappa shape index (κ3) is 2.93. The summed E-state index contributed by atoms with van der Waals surface area (Å²) >= 11 is 3.41. The summed E-state index contributed by atoms with van der Waals surface area (Å²) in [5, 5.41) is 2.74. The lowest BCUT2D eigenvalue weighted by atomic mass is 10.0. The number of hydrogen-bond acceptors (Lipinski definition) is 3. The fourth-order valence-electron chi connectivity index (χ4n) is 2.67. The molecule has 0 radical (unpaired) electrons. The molecule has 0 fully saturated rings. The summed E-state index contributed by atoms with van der Waals surface area (Å²) in [5.41, 5.74) is 2.82. The Balaban J connectivity index is 2.02. The molecule has 2 aromatic carbocycles. The fourth-order valence-corrected chi connectivity index (χ4v) is 4.13. The number of sulfonamides is 1. The van der Waals surface area contributed by atoms with Crippen molar-refractivity contribution in [3.8, 4) is 0 Å². The smallest absolute Gasteiger partial charge is 0.264 e. The first-order valence-corrected chi connectivity index (χ1v) is 9.70. The molecular formula is C17H17BrN2O3S. The summed E-state index contributed by atoms with van der Waals surface area (Å²) in [4.78, 5) is 12.1. The van der Waals surface area contributed by atoms with Gasteiger partial charge in [0.15, 0.2) is 0 Å². The van der Waals surface area contributed by atoms with Gasteiger partial charge in [0.05, 0.1) is 10.6 Å².